The van der Waals surface area contributed by atoms with E-state index in [0.717, 1.165) is 47.7 Å². The van der Waals surface area contributed by atoms with Gasteiger partial charge in [-0.3, -0.25) is 9.97 Å². The summed E-state index contributed by atoms with van der Waals surface area (Å²) in [5, 5.41) is 7.02. The van der Waals surface area contributed by atoms with Crippen LogP contribution in [0, 0.1) is 0 Å². The molecule has 1 saturated heterocycles. The summed E-state index contributed by atoms with van der Waals surface area (Å²) < 4.78 is 0. The third kappa shape index (κ3) is 3.57. The molecule has 0 bridgehead atoms. The highest BCUT2D eigenvalue weighted by atomic mass is 15.3. The number of rotatable bonds is 4. The van der Waals surface area contributed by atoms with Gasteiger partial charge in [-0.05, 0) is 31.5 Å². The van der Waals surface area contributed by atoms with E-state index in [4.69, 9.17) is 0 Å². The lowest BCUT2D eigenvalue weighted by Gasteiger charge is -2.40. The highest BCUT2D eigenvalue weighted by Gasteiger charge is 2.27. The fourth-order valence-electron chi connectivity index (χ4n) is 3.34. The van der Waals surface area contributed by atoms with E-state index in [1.54, 1.807) is 18.7 Å². The first kappa shape index (κ1) is 16.7. The Morgan fingerprint density at radius 3 is 2.85 bits per heavy atom. The number of piperazine rings is 1. The number of aromatic nitrogens is 4. The second kappa shape index (κ2) is 6.84. The molecule has 26 heavy (non-hydrogen) atoms. The highest BCUT2D eigenvalue weighted by Crippen LogP contribution is 2.25. The van der Waals surface area contributed by atoms with Crippen molar-refractivity contribution in [2.24, 2.45) is 0 Å². The monoisotopic (exact) mass is 349 g/mol. The first-order valence-electron chi connectivity index (χ1n) is 8.84. The summed E-state index contributed by atoms with van der Waals surface area (Å²) in [6, 6.07) is 6.13. The number of nitrogens with one attached hydrogen (secondary N) is 2. The minimum Gasteiger partial charge on any atom is -0.377 e. The average Bonchev–Trinajstić information content (AvgIpc) is 2.65. The lowest BCUT2D eigenvalue weighted by Crippen LogP contribution is -2.57. The van der Waals surface area contributed by atoms with Gasteiger partial charge in [0.15, 0.2) is 5.82 Å². The zero-order valence-electron chi connectivity index (χ0n) is 15.1. The minimum absolute atomic E-state index is 0.0669. The van der Waals surface area contributed by atoms with Crippen LogP contribution < -0.4 is 15.5 Å². The molecule has 2 aromatic heterocycles. The Kier molecular flexibility index (Phi) is 4.38. The SMILES string of the molecule is CC1(C)CN(c2ncncc2NCc2ccc3nccnc3c2)CCN1. The number of hydrogen-bond donors (Lipinski definition) is 2. The summed E-state index contributed by atoms with van der Waals surface area (Å²) in [7, 11) is 0. The molecule has 0 unspecified atom stereocenters. The van der Waals surface area contributed by atoms with Gasteiger partial charge in [-0.15, -0.1) is 0 Å². The molecule has 0 amide bonds. The summed E-state index contributed by atoms with van der Waals surface area (Å²) in [5.41, 5.74) is 3.97. The quantitative estimate of drug-likeness (QED) is 0.748. The number of benzene rings is 1. The molecule has 0 spiro atoms. The van der Waals surface area contributed by atoms with Gasteiger partial charge in [-0.1, -0.05) is 6.07 Å². The second-order valence-electron chi connectivity index (χ2n) is 7.23. The van der Waals surface area contributed by atoms with E-state index in [9.17, 15) is 0 Å². The number of nitrogens with zero attached hydrogens (tertiary/aromatic N) is 5. The van der Waals surface area contributed by atoms with Gasteiger partial charge in [0.25, 0.3) is 0 Å². The van der Waals surface area contributed by atoms with Crippen LogP contribution in [0.15, 0.2) is 43.1 Å². The van der Waals surface area contributed by atoms with Gasteiger partial charge >= 0.3 is 0 Å². The van der Waals surface area contributed by atoms with E-state index >= 15 is 0 Å². The fourth-order valence-corrected chi connectivity index (χ4v) is 3.34. The van der Waals surface area contributed by atoms with Crippen molar-refractivity contribution in [3.8, 4) is 0 Å². The molecule has 7 nitrogen and oxygen atoms in total. The van der Waals surface area contributed by atoms with Crippen molar-refractivity contribution < 1.29 is 0 Å². The van der Waals surface area contributed by atoms with E-state index in [1.807, 2.05) is 12.3 Å². The Hall–Kier alpha value is -2.80. The van der Waals surface area contributed by atoms with Crippen molar-refractivity contribution in [3.05, 3.63) is 48.7 Å². The summed E-state index contributed by atoms with van der Waals surface area (Å²) in [4.78, 5) is 19.7. The van der Waals surface area contributed by atoms with Gasteiger partial charge in [0.2, 0.25) is 0 Å². The number of fused-ring (bicyclic) bond motifs is 1. The zero-order valence-corrected chi connectivity index (χ0v) is 15.1. The van der Waals surface area contributed by atoms with Crippen molar-refractivity contribution in [2.75, 3.05) is 29.9 Å². The van der Waals surface area contributed by atoms with Crippen molar-refractivity contribution >= 4 is 22.5 Å². The van der Waals surface area contributed by atoms with Crippen molar-refractivity contribution in [2.45, 2.75) is 25.9 Å². The molecule has 3 heterocycles. The van der Waals surface area contributed by atoms with E-state index in [-0.39, 0.29) is 5.54 Å². The molecule has 134 valence electrons. The van der Waals surface area contributed by atoms with Gasteiger partial charge in [0, 0.05) is 44.1 Å². The first-order chi connectivity index (χ1) is 12.6. The van der Waals surface area contributed by atoms with Gasteiger partial charge in [0.05, 0.1) is 22.9 Å². The van der Waals surface area contributed by atoms with Crippen LogP contribution in [0.4, 0.5) is 11.5 Å². The fraction of sp³-hybridized carbons (Fsp3) is 0.368. The predicted octanol–water partition coefficient (Wildman–Crippen LogP) is 2.22. The topological polar surface area (TPSA) is 78.9 Å². The summed E-state index contributed by atoms with van der Waals surface area (Å²) in [6.07, 6.45) is 6.89. The molecule has 1 fully saturated rings. The molecule has 0 saturated carbocycles. The van der Waals surface area contributed by atoms with E-state index in [2.05, 4.69) is 61.4 Å². The molecule has 3 aromatic rings. The average molecular weight is 349 g/mol. The molecule has 0 atom stereocenters. The Morgan fingerprint density at radius 2 is 2.00 bits per heavy atom. The van der Waals surface area contributed by atoms with Crippen molar-refractivity contribution in [3.63, 3.8) is 0 Å². The molecule has 0 aliphatic carbocycles. The van der Waals surface area contributed by atoms with Gasteiger partial charge in [-0.25, -0.2) is 9.97 Å². The van der Waals surface area contributed by atoms with Gasteiger partial charge in [-0.2, -0.15) is 0 Å². The Balaban J connectivity index is 1.53. The lowest BCUT2D eigenvalue weighted by molar-refractivity contribution is 0.352. The first-order valence-corrected chi connectivity index (χ1v) is 8.84. The predicted molar refractivity (Wildman–Crippen MR) is 103 cm³/mol. The largest absolute Gasteiger partial charge is 0.377 e. The molecule has 1 aliphatic rings. The molecule has 0 radical (unpaired) electrons. The standard InChI is InChI=1S/C19H23N7/c1-19(2)12-26(8-7-25-19)18-17(11-20-13-24-18)23-10-14-3-4-15-16(9-14)22-6-5-21-15/h3-6,9,11,13,23,25H,7-8,10,12H2,1-2H3. The van der Waals surface area contributed by atoms with E-state index < -0.39 is 0 Å². The van der Waals surface area contributed by atoms with Crippen LogP contribution in [0.3, 0.4) is 0 Å². The molecule has 4 rings (SSSR count). The number of anilines is 2. The Labute approximate surface area is 152 Å². The summed E-state index contributed by atoms with van der Waals surface area (Å²) in [6.45, 7) is 7.89. The lowest BCUT2D eigenvalue weighted by atomic mass is 10.0. The second-order valence-corrected chi connectivity index (χ2v) is 7.23. The minimum atomic E-state index is 0.0669. The Bertz CT molecular complexity index is 909. The third-order valence-electron chi connectivity index (χ3n) is 4.58. The maximum absolute atomic E-state index is 4.53. The molecular weight excluding hydrogens is 326 g/mol. The van der Waals surface area contributed by atoms with Crippen LogP contribution in [-0.2, 0) is 6.54 Å². The third-order valence-corrected chi connectivity index (χ3v) is 4.58. The van der Waals surface area contributed by atoms with Crippen LogP contribution in [0.1, 0.15) is 19.4 Å². The molecular formula is C19H23N7. The number of hydrogen-bond acceptors (Lipinski definition) is 7. The smallest absolute Gasteiger partial charge is 0.155 e. The van der Waals surface area contributed by atoms with Crippen LogP contribution in [0.25, 0.3) is 11.0 Å². The maximum Gasteiger partial charge on any atom is 0.155 e. The molecule has 1 aliphatic heterocycles. The van der Waals surface area contributed by atoms with Crippen LogP contribution in [0.2, 0.25) is 0 Å². The molecule has 1 aromatic carbocycles. The summed E-state index contributed by atoms with van der Waals surface area (Å²) in [5.74, 6) is 0.954. The molecule has 2 N–H and O–H groups in total. The zero-order chi connectivity index (χ0) is 18.0. The summed E-state index contributed by atoms with van der Waals surface area (Å²) >= 11 is 0. The normalized spacial score (nSPS) is 16.6. The van der Waals surface area contributed by atoms with Crippen molar-refractivity contribution in [1.29, 1.82) is 0 Å². The van der Waals surface area contributed by atoms with Gasteiger partial charge < -0.3 is 15.5 Å². The van der Waals surface area contributed by atoms with Gasteiger partial charge in [0.1, 0.15) is 6.33 Å². The molecule has 7 heteroatoms. The van der Waals surface area contributed by atoms with Crippen LogP contribution >= 0.6 is 0 Å². The Morgan fingerprint density at radius 1 is 1.15 bits per heavy atom. The van der Waals surface area contributed by atoms with Crippen molar-refractivity contribution in [1.82, 2.24) is 25.3 Å². The highest BCUT2D eigenvalue weighted by molar-refractivity contribution is 5.74. The van der Waals surface area contributed by atoms with Crippen LogP contribution in [-0.4, -0.2) is 45.1 Å². The van der Waals surface area contributed by atoms with Crippen LogP contribution in [0.5, 0.6) is 0 Å². The maximum atomic E-state index is 4.53. The van der Waals surface area contributed by atoms with E-state index in [1.165, 1.54) is 0 Å². The van der Waals surface area contributed by atoms with E-state index in [0.29, 0.717) is 6.54 Å².